The van der Waals surface area contributed by atoms with Gasteiger partial charge < -0.3 is 10.5 Å². The molecule has 0 atom stereocenters. The molecule has 2 aromatic rings. The zero-order valence-electron chi connectivity index (χ0n) is 10.5. The van der Waals surface area contributed by atoms with Crippen molar-refractivity contribution in [2.24, 2.45) is 0 Å². The molecule has 2 N–H and O–H groups in total. The van der Waals surface area contributed by atoms with Crippen molar-refractivity contribution in [2.75, 3.05) is 12.8 Å². The number of esters is 1. The molecule has 2 rings (SSSR count). The van der Waals surface area contributed by atoms with E-state index in [9.17, 15) is 9.18 Å². The molecule has 0 fully saturated rings. The van der Waals surface area contributed by atoms with Crippen molar-refractivity contribution in [2.45, 2.75) is 9.79 Å². The summed E-state index contributed by atoms with van der Waals surface area (Å²) in [4.78, 5) is 12.6. The molecular formula is C14H11ClFNO2S. The van der Waals surface area contributed by atoms with E-state index < -0.39 is 11.8 Å². The highest BCUT2D eigenvalue weighted by Crippen LogP contribution is 2.33. The SMILES string of the molecule is COC(=O)c1cc(Sc2ccc(Cl)cc2)c(F)cc1N. The predicted octanol–water partition coefficient (Wildman–Crippen LogP) is 4.00. The van der Waals surface area contributed by atoms with Crippen molar-refractivity contribution < 1.29 is 13.9 Å². The molecular weight excluding hydrogens is 301 g/mol. The Bertz CT molecular complexity index is 646. The van der Waals surface area contributed by atoms with E-state index in [0.717, 1.165) is 11.0 Å². The first-order chi connectivity index (χ1) is 9.51. The fourth-order valence-corrected chi connectivity index (χ4v) is 2.55. The van der Waals surface area contributed by atoms with Gasteiger partial charge in [-0.05, 0) is 36.4 Å². The zero-order valence-corrected chi connectivity index (χ0v) is 12.1. The molecule has 0 unspecified atom stereocenters. The maximum atomic E-state index is 13.9. The highest BCUT2D eigenvalue weighted by atomic mass is 35.5. The molecule has 3 nitrogen and oxygen atoms in total. The Morgan fingerprint density at radius 3 is 2.55 bits per heavy atom. The molecule has 0 spiro atoms. The van der Waals surface area contributed by atoms with Crippen LogP contribution in [0.5, 0.6) is 0 Å². The van der Waals surface area contributed by atoms with Crippen LogP contribution in [0.1, 0.15) is 10.4 Å². The third-order valence-electron chi connectivity index (χ3n) is 2.55. The first kappa shape index (κ1) is 14.7. The van der Waals surface area contributed by atoms with E-state index in [4.69, 9.17) is 17.3 Å². The van der Waals surface area contributed by atoms with Gasteiger partial charge in [0.05, 0.1) is 12.7 Å². The molecule has 0 amide bonds. The number of anilines is 1. The second-order valence-electron chi connectivity index (χ2n) is 3.92. The van der Waals surface area contributed by atoms with E-state index in [-0.39, 0.29) is 11.3 Å². The number of hydrogen-bond donors (Lipinski definition) is 1. The van der Waals surface area contributed by atoms with Crippen LogP contribution in [0, 0.1) is 5.82 Å². The van der Waals surface area contributed by atoms with Gasteiger partial charge in [-0.3, -0.25) is 0 Å². The second kappa shape index (κ2) is 6.15. The summed E-state index contributed by atoms with van der Waals surface area (Å²) in [5.74, 6) is -1.09. The number of benzene rings is 2. The Kier molecular flexibility index (Phi) is 4.52. The van der Waals surface area contributed by atoms with Crippen molar-refractivity contribution in [3.8, 4) is 0 Å². The summed E-state index contributed by atoms with van der Waals surface area (Å²) in [5.41, 5.74) is 5.81. The number of nitrogen functional groups attached to an aromatic ring is 1. The minimum absolute atomic E-state index is 0.0507. The lowest BCUT2D eigenvalue weighted by atomic mass is 10.2. The monoisotopic (exact) mass is 311 g/mol. The number of halogens is 2. The molecule has 6 heteroatoms. The molecule has 0 aromatic heterocycles. The van der Waals surface area contributed by atoms with E-state index in [1.54, 1.807) is 24.3 Å². The molecule has 104 valence electrons. The van der Waals surface area contributed by atoms with Crippen LogP contribution in [-0.2, 0) is 4.74 Å². The third kappa shape index (κ3) is 3.23. The maximum Gasteiger partial charge on any atom is 0.339 e. The first-order valence-electron chi connectivity index (χ1n) is 5.62. The predicted molar refractivity (Wildman–Crippen MR) is 77.7 cm³/mol. The van der Waals surface area contributed by atoms with Gasteiger partial charge in [0.15, 0.2) is 0 Å². The highest BCUT2D eigenvalue weighted by Gasteiger charge is 2.15. The van der Waals surface area contributed by atoms with Gasteiger partial charge in [-0.15, -0.1) is 0 Å². The summed E-state index contributed by atoms with van der Waals surface area (Å²) < 4.78 is 18.5. The van der Waals surface area contributed by atoms with Crippen LogP contribution in [0.3, 0.4) is 0 Å². The molecule has 0 saturated carbocycles. The number of rotatable bonds is 3. The Morgan fingerprint density at radius 1 is 1.30 bits per heavy atom. The number of hydrogen-bond acceptors (Lipinski definition) is 4. The van der Waals surface area contributed by atoms with Crippen LogP contribution in [0.25, 0.3) is 0 Å². The third-order valence-corrected chi connectivity index (χ3v) is 3.84. The van der Waals surface area contributed by atoms with Crippen LogP contribution in [0.2, 0.25) is 5.02 Å². The molecule has 0 saturated heterocycles. The molecule has 0 aliphatic carbocycles. The average molecular weight is 312 g/mol. The normalized spacial score (nSPS) is 10.3. The van der Waals surface area contributed by atoms with Crippen molar-refractivity contribution >= 4 is 35.0 Å². The summed E-state index contributed by atoms with van der Waals surface area (Å²) >= 11 is 6.97. The molecule has 2 aromatic carbocycles. The Hall–Kier alpha value is -1.72. The number of ether oxygens (including phenoxy) is 1. The van der Waals surface area contributed by atoms with Gasteiger partial charge in [0, 0.05) is 20.5 Å². The van der Waals surface area contributed by atoms with Crippen LogP contribution >= 0.6 is 23.4 Å². The summed E-state index contributed by atoms with van der Waals surface area (Å²) in [6, 6.07) is 9.45. The van der Waals surface area contributed by atoms with Crippen molar-refractivity contribution in [3.63, 3.8) is 0 Å². The second-order valence-corrected chi connectivity index (χ2v) is 5.47. The topological polar surface area (TPSA) is 52.3 Å². The van der Waals surface area contributed by atoms with Crippen molar-refractivity contribution in [3.05, 3.63) is 52.8 Å². The molecule has 0 aliphatic rings. The molecule has 0 radical (unpaired) electrons. The van der Waals surface area contributed by atoms with E-state index in [1.165, 1.54) is 24.9 Å². The quantitative estimate of drug-likeness (QED) is 0.687. The van der Waals surface area contributed by atoms with Gasteiger partial charge in [-0.25, -0.2) is 9.18 Å². The van der Waals surface area contributed by atoms with Gasteiger partial charge in [0.1, 0.15) is 5.82 Å². The fraction of sp³-hybridized carbons (Fsp3) is 0.0714. The van der Waals surface area contributed by atoms with Crippen molar-refractivity contribution in [1.29, 1.82) is 0 Å². The van der Waals surface area contributed by atoms with Crippen LogP contribution in [0.15, 0.2) is 46.2 Å². The lowest BCUT2D eigenvalue weighted by Gasteiger charge is -2.08. The Labute approximate surface area is 124 Å². The first-order valence-corrected chi connectivity index (χ1v) is 6.81. The van der Waals surface area contributed by atoms with Gasteiger partial charge in [0.25, 0.3) is 0 Å². The van der Waals surface area contributed by atoms with Gasteiger partial charge in [0.2, 0.25) is 0 Å². The minimum Gasteiger partial charge on any atom is -0.465 e. The standard InChI is InChI=1S/C14H11ClFNO2S/c1-19-14(18)10-6-13(11(16)7-12(10)17)20-9-4-2-8(15)3-5-9/h2-7H,17H2,1H3. The summed E-state index contributed by atoms with van der Waals surface area (Å²) in [5, 5.41) is 0.599. The minimum atomic E-state index is -0.597. The number of carbonyl (C=O) groups excluding carboxylic acids is 1. The number of nitrogens with two attached hydrogens (primary N) is 1. The molecule has 0 bridgehead atoms. The van der Waals surface area contributed by atoms with Gasteiger partial charge in [-0.2, -0.15) is 0 Å². The van der Waals surface area contributed by atoms with Crippen LogP contribution in [0.4, 0.5) is 10.1 Å². The zero-order chi connectivity index (χ0) is 14.7. The van der Waals surface area contributed by atoms with E-state index in [2.05, 4.69) is 4.74 Å². The highest BCUT2D eigenvalue weighted by molar-refractivity contribution is 7.99. The number of methoxy groups -OCH3 is 1. The fourth-order valence-electron chi connectivity index (χ4n) is 1.56. The average Bonchev–Trinajstić information content (AvgIpc) is 2.43. The van der Waals surface area contributed by atoms with Crippen LogP contribution < -0.4 is 5.73 Å². The van der Waals surface area contributed by atoms with Crippen molar-refractivity contribution in [1.82, 2.24) is 0 Å². The lowest BCUT2D eigenvalue weighted by Crippen LogP contribution is -2.06. The summed E-state index contributed by atoms with van der Waals surface area (Å²) in [6.07, 6.45) is 0. The van der Waals surface area contributed by atoms with Crippen LogP contribution in [-0.4, -0.2) is 13.1 Å². The summed E-state index contributed by atoms with van der Waals surface area (Å²) in [6.45, 7) is 0. The molecule has 0 aliphatic heterocycles. The number of carbonyl (C=O) groups is 1. The van der Waals surface area contributed by atoms with Gasteiger partial charge >= 0.3 is 5.97 Å². The molecule has 20 heavy (non-hydrogen) atoms. The van der Waals surface area contributed by atoms with E-state index >= 15 is 0 Å². The Morgan fingerprint density at radius 2 is 1.95 bits per heavy atom. The van der Waals surface area contributed by atoms with E-state index in [0.29, 0.717) is 9.92 Å². The largest absolute Gasteiger partial charge is 0.465 e. The molecule has 0 heterocycles. The lowest BCUT2D eigenvalue weighted by molar-refractivity contribution is 0.0601. The van der Waals surface area contributed by atoms with E-state index in [1.807, 2.05) is 0 Å². The Balaban J connectivity index is 2.36. The maximum absolute atomic E-state index is 13.9. The summed E-state index contributed by atoms with van der Waals surface area (Å²) in [7, 11) is 1.25. The van der Waals surface area contributed by atoms with Gasteiger partial charge in [-0.1, -0.05) is 23.4 Å². The smallest absolute Gasteiger partial charge is 0.339 e.